The number of fused-ring (bicyclic) bond motifs is 1. The van der Waals surface area contributed by atoms with Crippen molar-refractivity contribution in [1.29, 1.82) is 0 Å². The third-order valence-corrected chi connectivity index (χ3v) is 3.75. The van der Waals surface area contributed by atoms with Crippen LogP contribution in [-0.4, -0.2) is 5.78 Å². The molecule has 0 atom stereocenters. The number of hydrogen-bond acceptors (Lipinski definition) is 2. The molecule has 0 bridgehead atoms. The highest BCUT2D eigenvalue weighted by Gasteiger charge is 2.18. The van der Waals surface area contributed by atoms with Gasteiger partial charge in [-0.25, -0.2) is 0 Å². The quantitative estimate of drug-likeness (QED) is 0.708. The van der Waals surface area contributed by atoms with E-state index in [4.69, 9.17) is 0 Å². The summed E-state index contributed by atoms with van der Waals surface area (Å²) in [6, 6.07) is 8.27. The molecule has 0 saturated heterocycles. The fourth-order valence-corrected chi connectivity index (χ4v) is 2.99. The highest BCUT2D eigenvalue weighted by atomic mass is 32.1. The van der Waals surface area contributed by atoms with Gasteiger partial charge in [0, 0.05) is 22.3 Å². The third-order valence-electron chi connectivity index (χ3n) is 2.79. The Balaban J connectivity index is 2.26. The third kappa shape index (κ3) is 1.33. The van der Waals surface area contributed by atoms with Gasteiger partial charge in [-0.1, -0.05) is 24.3 Å². The van der Waals surface area contributed by atoms with Crippen molar-refractivity contribution < 1.29 is 4.79 Å². The van der Waals surface area contributed by atoms with Gasteiger partial charge in [-0.05, 0) is 23.3 Å². The molecule has 74 valence electrons. The molecule has 2 heteroatoms. The Morgan fingerprint density at radius 1 is 1.20 bits per heavy atom. The fourth-order valence-electron chi connectivity index (χ4n) is 2.06. The smallest absolute Gasteiger partial charge is 0.163 e. The van der Waals surface area contributed by atoms with E-state index >= 15 is 0 Å². The molecular formula is C13H10OS. The van der Waals surface area contributed by atoms with E-state index in [0.29, 0.717) is 6.42 Å². The van der Waals surface area contributed by atoms with Gasteiger partial charge in [0.1, 0.15) is 0 Å². The highest BCUT2D eigenvalue weighted by Crippen LogP contribution is 2.33. The van der Waals surface area contributed by atoms with Crippen LogP contribution in [0.4, 0.5) is 0 Å². The summed E-state index contributed by atoms with van der Waals surface area (Å²) in [4.78, 5) is 11.7. The van der Waals surface area contributed by atoms with Crippen molar-refractivity contribution in [2.45, 2.75) is 12.8 Å². The molecule has 1 aromatic carbocycles. The molecule has 1 heterocycles. The van der Waals surface area contributed by atoms with Gasteiger partial charge < -0.3 is 0 Å². The summed E-state index contributed by atoms with van der Waals surface area (Å²) in [5.74, 6) is 0.288. The lowest BCUT2D eigenvalue weighted by Crippen LogP contribution is -1.94. The molecule has 0 spiro atoms. The molecule has 0 radical (unpaired) electrons. The summed E-state index contributed by atoms with van der Waals surface area (Å²) in [5, 5.41) is 3.31. The van der Waals surface area contributed by atoms with Crippen LogP contribution in [0.15, 0.2) is 35.7 Å². The second-order valence-corrected chi connectivity index (χ2v) is 4.64. The van der Waals surface area contributed by atoms with Crippen LogP contribution < -0.4 is 0 Å². The Bertz CT molecular complexity index is 563. The Morgan fingerprint density at radius 2 is 2.13 bits per heavy atom. The van der Waals surface area contributed by atoms with Crippen molar-refractivity contribution in [2.75, 3.05) is 0 Å². The van der Waals surface area contributed by atoms with E-state index in [1.54, 1.807) is 11.3 Å². The monoisotopic (exact) mass is 214 g/mol. The molecule has 2 aromatic rings. The summed E-state index contributed by atoms with van der Waals surface area (Å²) in [6.07, 6.45) is 3.64. The molecule has 0 amide bonds. The predicted octanol–water partition coefficient (Wildman–Crippen LogP) is 3.65. The van der Waals surface area contributed by atoms with Crippen molar-refractivity contribution >= 4 is 32.8 Å². The SMILES string of the molecule is O=C1CCC=C1c1cccc2ccsc12. The number of thiophene rings is 1. The first kappa shape index (κ1) is 8.86. The Labute approximate surface area is 92.0 Å². The Kier molecular flexibility index (Phi) is 1.96. The molecule has 0 aliphatic heterocycles. The van der Waals surface area contributed by atoms with Gasteiger partial charge in [0.15, 0.2) is 5.78 Å². The van der Waals surface area contributed by atoms with Crippen LogP contribution in [-0.2, 0) is 4.79 Å². The number of benzene rings is 1. The van der Waals surface area contributed by atoms with Crippen LogP contribution >= 0.6 is 11.3 Å². The normalized spacial score (nSPS) is 16.0. The zero-order valence-electron chi connectivity index (χ0n) is 8.19. The van der Waals surface area contributed by atoms with Crippen LogP contribution in [0.25, 0.3) is 15.7 Å². The number of carbonyl (C=O) groups excluding carboxylic acids is 1. The van der Waals surface area contributed by atoms with Gasteiger partial charge in [0.05, 0.1) is 0 Å². The van der Waals surface area contributed by atoms with E-state index in [0.717, 1.165) is 17.6 Å². The van der Waals surface area contributed by atoms with E-state index in [1.165, 1.54) is 10.1 Å². The lowest BCUT2D eigenvalue weighted by Gasteiger charge is -2.02. The van der Waals surface area contributed by atoms with Crippen LogP contribution in [0.3, 0.4) is 0 Å². The van der Waals surface area contributed by atoms with Crippen LogP contribution in [0.2, 0.25) is 0 Å². The zero-order valence-corrected chi connectivity index (χ0v) is 9.01. The van der Waals surface area contributed by atoms with Gasteiger partial charge in [-0.2, -0.15) is 0 Å². The number of ketones is 1. The summed E-state index contributed by atoms with van der Waals surface area (Å²) < 4.78 is 1.24. The number of hydrogen-bond donors (Lipinski definition) is 0. The zero-order chi connectivity index (χ0) is 10.3. The Morgan fingerprint density at radius 3 is 2.93 bits per heavy atom. The molecule has 1 nitrogen and oxygen atoms in total. The van der Waals surface area contributed by atoms with Crippen LogP contribution in [0.5, 0.6) is 0 Å². The topological polar surface area (TPSA) is 17.1 Å². The van der Waals surface area contributed by atoms with Gasteiger partial charge in [-0.15, -0.1) is 11.3 Å². The van der Waals surface area contributed by atoms with E-state index in [2.05, 4.69) is 23.6 Å². The van der Waals surface area contributed by atoms with Crippen molar-refractivity contribution in [2.24, 2.45) is 0 Å². The average Bonchev–Trinajstić information content (AvgIpc) is 2.85. The lowest BCUT2D eigenvalue weighted by atomic mass is 10.0. The summed E-state index contributed by atoms with van der Waals surface area (Å²) in [5.41, 5.74) is 2.04. The van der Waals surface area contributed by atoms with E-state index in [-0.39, 0.29) is 5.78 Å². The first-order chi connectivity index (χ1) is 7.36. The molecule has 1 aromatic heterocycles. The minimum absolute atomic E-state index is 0.288. The number of Topliss-reactive ketones (excluding diaryl/α,β-unsaturated/α-hetero) is 1. The molecule has 15 heavy (non-hydrogen) atoms. The maximum atomic E-state index is 11.7. The number of carbonyl (C=O) groups is 1. The van der Waals surface area contributed by atoms with Crippen molar-refractivity contribution in [3.63, 3.8) is 0 Å². The Hall–Kier alpha value is -1.41. The standard InChI is InChI=1S/C13H10OS/c14-12-6-2-4-10(12)11-5-1-3-9-7-8-15-13(9)11/h1,3-5,7-8H,2,6H2. The summed E-state index contributed by atoms with van der Waals surface area (Å²) in [6.45, 7) is 0. The van der Waals surface area contributed by atoms with Crippen LogP contribution in [0.1, 0.15) is 18.4 Å². The number of allylic oxidation sites excluding steroid dienone is 2. The first-order valence-corrected chi connectivity index (χ1v) is 5.94. The van der Waals surface area contributed by atoms with Crippen molar-refractivity contribution in [1.82, 2.24) is 0 Å². The minimum Gasteiger partial charge on any atom is -0.294 e. The van der Waals surface area contributed by atoms with E-state index in [1.807, 2.05) is 12.1 Å². The molecule has 0 unspecified atom stereocenters. The second kappa shape index (κ2) is 3.31. The van der Waals surface area contributed by atoms with Gasteiger partial charge in [0.25, 0.3) is 0 Å². The average molecular weight is 214 g/mol. The molecule has 0 saturated carbocycles. The largest absolute Gasteiger partial charge is 0.294 e. The van der Waals surface area contributed by atoms with Crippen molar-refractivity contribution in [3.05, 3.63) is 41.3 Å². The fraction of sp³-hybridized carbons (Fsp3) is 0.154. The molecular weight excluding hydrogens is 204 g/mol. The molecule has 0 N–H and O–H groups in total. The number of rotatable bonds is 1. The van der Waals surface area contributed by atoms with Gasteiger partial charge in [-0.3, -0.25) is 4.79 Å². The lowest BCUT2D eigenvalue weighted by molar-refractivity contribution is -0.113. The summed E-state index contributed by atoms with van der Waals surface area (Å²) in [7, 11) is 0. The summed E-state index contributed by atoms with van der Waals surface area (Å²) >= 11 is 1.71. The van der Waals surface area contributed by atoms with E-state index in [9.17, 15) is 4.79 Å². The maximum Gasteiger partial charge on any atom is 0.163 e. The first-order valence-electron chi connectivity index (χ1n) is 5.06. The highest BCUT2D eigenvalue weighted by molar-refractivity contribution is 7.17. The van der Waals surface area contributed by atoms with Gasteiger partial charge >= 0.3 is 0 Å². The molecule has 3 rings (SSSR count). The van der Waals surface area contributed by atoms with E-state index < -0.39 is 0 Å². The van der Waals surface area contributed by atoms with Crippen molar-refractivity contribution in [3.8, 4) is 0 Å². The minimum atomic E-state index is 0.288. The molecule has 1 aliphatic rings. The van der Waals surface area contributed by atoms with Crippen LogP contribution in [0, 0.1) is 0 Å². The molecule has 1 aliphatic carbocycles. The predicted molar refractivity (Wildman–Crippen MR) is 64.0 cm³/mol. The molecule has 0 fully saturated rings. The van der Waals surface area contributed by atoms with Gasteiger partial charge in [0.2, 0.25) is 0 Å². The maximum absolute atomic E-state index is 11.7. The second-order valence-electron chi connectivity index (χ2n) is 3.72.